The molecule has 1 aromatic rings. The Morgan fingerprint density at radius 2 is 1.92 bits per heavy atom. The summed E-state index contributed by atoms with van der Waals surface area (Å²) >= 11 is 1.60. The van der Waals surface area contributed by atoms with Crippen molar-refractivity contribution < 1.29 is 14.0 Å². The zero-order valence-corrected chi connectivity index (χ0v) is 14.3. The van der Waals surface area contributed by atoms with Gasteiger partial charge in [-0.15, -0.1) is 11.8 Å². The van der Waals surface area contributed by atoms with Crippen LogP contribution in [0.5, 0.6) is 0 Å². The van der Waals surface area contributed by atoms with Crippen LogP contribution in [0.4, 0.5) is 4.39 Å². The minimum absolute atomic E-state index is 0.0192. The monoisotopic (exact) mass is 351 g/mol. The maximum absolute atomic E-state index is 14.1. The molecule has 2 aliphatic rings. The second-order valence-electron chi connectivity index (χ2n) is 6.28. The molecule has 2 fully saturated rings. The van der Waals surface area contributed by atoms with Crippen LogP contribution in [0, 0.1) is 11.7 Å². The lowest BCUT2D eigenvalue weighted by Gasteiger charge is -2.32. The number of carbonyl (C=O) groups is 2. The molecule has 0 spiro atoms. The van der Waals surface area contributed by atoms with Gasteiger partial charge in [0.25, 0.3) is 0 Å². The fourth-order valence-electron chi connectivity index (χ4n) is 3.32. The quantitative estimate of drug-likeness (QED) is 0.895. The van der Waals surface area contributed by atoms with E-state index < -0.39 is 0 Å². The summed E-state index contributed by atoms with van der Waals surface area (Å²) < 4.78 is 14.1. The Balaban J connectivity index is 1.61. The SMILES string of the molecule is NC(=O)C1CCN(CC(=O)N2CCS[C@@H]2c2ccccc2F)CC1. The molecular formula is C17H22FN3O2S. The van der Waals surface area contributed by atoms with Crippen LogP contribution in [-0.2, 0) is 9.59 Å². The minimum atomic E-state index is -0.267. The normalized spacial score (nSPS) is 22.7. The van der Waals surface area contributed by atoms with Crippen molar-refractivity contribution in [1.82, 2.24) is 9.80 Å². The van der Waals surface area contributed by atoms with Gasteiger partial charge < -0.3 is 10.6 Å². The predicted octanol–water partition coefficient (Wildman–Crippen LogP) is 1.60. The Labute approximate surface area is 145 Å². The van der Waals surface area contributed by atoms with E-state index in [1.165, 1.54) is 6.07 Å². The van der Waals surface area contributed by atoms with Gasteiger partial charge in [0.2, 0.25) is 11.8 Å². The molecule has 2 amide bonds. The summed E-state index contributed by atoms with van der Waals surface area (Å²) in [5, 5.41) is -0.248. The number of piperidine rings is 1. The average Bonchev–Trinajstić information content (AvgIpc) is 3.05. The van der Waals surface area contributed by atoms with Gasteiger partial charge in [0, 0.05) is 23.8 Å². The molecule has 2 aliphatic heterocycles. The van der Waals surface area contributed by atoms with Crippen LogP contribution in [0.2, 0.25) is 0 Å². The van der Waals surface area contributed by atoms with Gasteiger partial charge in [-0.05, 0) is 32.0 Å². The van der Waals surface area contributed by atoms with E-state index in [1.54, 1.807) is 34.9 Å². The third-order valence-electron chi connectivity index (χ3n) is 4.73. The first kappa shape index (κ1) is 17.2. The van der Waals surface area contributed by atoms with Crippen molar-refractivity contribution in [2.75, 3.05) is 31.9 Å². The van der Waals surface area contributed by atoms with E-state index in [4.69, 9.17) is 5.73 Å². The third kappa shape index (κ3) is 3.72. The molecule has 0 unspecified atom stereocenters. The van der Waals surface area contributed by atoms with Crippen molar-refractivity contribution >= 4 is 23.6 Å². The number of amides is 2. The van der Waals surface area contributed by atoms with Crippen LogP contribution in [0.1, 0.15) is 23.8 Å². The molecule has 0 saturated carbocycles. The van der Waals surface area contributed by atoms with Crippen LogP contribution in [0.25, 0.3) is 0 Å². The first-order valence-corrected chi connectivity index (χ1v) is 9.28. The van der Waals surface area contributed by atoms with E-state index in [2.05, 4.69) is 4.90 Å². The molecule has 2 heterocycles. The molecule has 7 heteroatoms. The lowest BCUT2D eigenvalue weighted by atomic mass is 9.96. The highest BCUT2D eigenvalue weighted by Crippen LogP contribution is 2.39. The number of thioether (sulfide) groups is 1. The molecule has 0 radical (unpaired) electrons. The number of carbonyl (C=O) groups excluding carboxylic acids is 2. The van der Waals surface area contributed by atoms with Crippen LogP contribution in [0.15, 0.2) is 24.3 Å². The maximum Gasteiger partial charge on any atom is 0.237 e. The van der Waals surface area contributed by atoms with Crippen LogP contribution in [-0.4, -0.2) is 53.5 Å². The lowest BCUT2D eigenvalue weighted by Crippen LogP contribution is -2.44. The summed E-state index contributed by atoms with van der Waals surface area (Å²) in [7, 11) is 0. The van der Waals surface area contributed by atoms with Crippen molar-refractivity contribution in [3.8, 4) is 0 Å². The van der Waals surface area contributed by atoms with Crippen molar-refractivity contribution in [2.24, 2.45) is 11.7 Å². The van der Waals surface area contributed by atoms with E-state index in [0.717, 1.165) is 5.75 Å². The summed E-state index contributed by atoms with van der Waals surface area (Å²) in [6.07, 6.45) is 1.40. The van der Waals surface area contributed by atoms with E-state index in [0.29, 0.717) is 44.6 Å². The highest BCUT2D eigenvalue weighted by atomic mass is 32.2. The lowest BCUT2D eigenvalue weighted by molar-refractivity contribution is -0.133. The molecule has 130 valence electrons. The molecule has 0 aromatic heterocycles. The number of nitrogens with two attached hydrogens (primary N) is 1. The first-order chi connectivity index (χ1) is 11.6. The number of primary amides is 1. The van der Waals surface area contributed by atoms with Crippen LogP contribution in [0.3, 0.4) is 0 Å². The minimum Gasteiger partial charge on any atom is -0.369 e. The summed E-state index contributed by atoms with van der Waals surface area (Å²) in [6, 6.07) is 6.64. The van der Waals surface area contributed by atoms with Crippen molar-refractivity contribution in [2.45, 2.75) is 18.2 Å². The number of nitrogens with zero attached hydrogens (tertiary/aromatic N) is 2. The Bertz CT molecular complexity index is 620. The summed E-state index contributed by atoms with van der Waals surface area (Å²) in [6.45, 7) is 2.35. The molecule has 0 aliphatic carbocycles. The Morgan fingerprint density at radius 1 is 1.21 bits per heavy atom. The summed E-state index contributed by atoms with van der Waals surface area (Å²) in [5.74, 6) is 0.234. The Morgan fingerprint density at radius 3 is 2.58 bits per heavy atom. The molecule has 2 N–H and O–H groups in total. The number of hydrogen-bond donors (Lipinski definition) is 1. The molecule has 1 atom stereocenters. The smallest absolute Gasteiger partial charge is 0.237 e. The van der Waals surface area contributed by atoms with Gasteiger partial charge in [-0.2, -0.15) is 0 Å². The second kappa shape index (κ2) is 7.53. The zero-order valence-electron chi connectivity index (χ0n) is 13.5. The van der Waals surface area contributed by atoms with Gasteiger partial charge in [-0.1, -0.05) is 18.2 Å². The molecule has 1 aromatic carbocycles. The fraction of sp³-hybridized carbons (Fsp3) is 0.529. The molecule has 24 heavy (non-hydrogen) atoms. The number of benzene rings is 1. The fourth-order valence-corrected chi connectivity index (χ4v) is 4.62. The number of hydrogen-bond acceptors (Lipinski definition) is 4. The van der Waals surface area contributed by atoms with Gasteiger partial charge >= 0.3 is 0 Å². The van der Waals surface area contributed by atoms with E-state index in [-0.39, 0.29) is 28.9 Å². The maximum atomic E-state index is 14.1. The summed E-state index contributed by atoms with van der Waals surface area (Å²) in [4.78, 5) is 27.7. The molecule has 0 bridgehead atoms. The Kier molecular flexibility index (Phi) is 5.40. The van der Waals surface area contributed by atoms with E-state index in [1.807, 2.05) is 0 Å². The highest BCUT2D eigenvalue weighted by molar-refractivity contribution is 7.99. The predicted molar refractivity (Wildman–Crippen MR) is 91.7 cm³/mol. The molecule has 2 saturated heterocycles. The van der Waals surface area contributed by atoms with Crippen molar-refractivity contribution in [3.05, 3.63) is 35.6 Å². The number of likely N-dealkylation sites (tertiary alicyclic amines) is 1. The summed E-state index contributed by atoms with van der Waals surface area (Å²) in [5.41, 5.74) is 5.91. The first-order valence-electron chi connectivity index (χ1n) is 8.23. The molecule has 3 rings (SSSR count). The van der Waals surface area contributed by atoms with Crippen molar-refractivity contribution in [1.29, 1.82) is 0 Å². The third-order valence-corrected chi connectivity index (χ3v) is 5.97. The molecule has 5 nitrogen and oxygen atoms in total. The Hall–Kier alpha value is -1.60. The van der Waals surface area contributed by atoms with Gasteiger partial charge in [0.05, 0.1) is 6.54 Å². The highest BCUT2D eigenvalue weighted by Gasteiger charge is 2.33. The standard InChI is InChI=1S/C17H22FN3O2S/c18-14-4-2-1-3-13(14)17-21(9-10-24-17)15(22)11-20-7-5-12(6-8-20)16(19)23/h1-4,12,17H,5-11H2,(H2,19,23)/t17-/m1/s1. The van der Waals surface area contributed by atoms with Crippen LogP contribution < -0.4 is 5.73 Å². The number of halogens is 1. The number of rotatable bonds is 4. The average molecular weight is 351 g/mol. The van der Waals surface area contributed by atoms with Gasteiger partial charge in [0.15, 0.2) is 0 Å². The van der Waals surface area contributed by atoms with Crippen LogP contribution >= 0.6 is 11.8 Å². The largest absolute Gasteiger partial charge is 0.369 e. The van der Waals surface area contributed by atoms with E-state index >= 15 is 0 Å². The molecular weight excluding hydrogens is 329 g/mol. The van der Waals surface area contributed by atoms with Gasteiger partial charge in [-0.25, -0.2) is 4.39 Å². The van der Waals surface area contributed by atoms with Gasteiger partial charge in [-0.3, -0.25) is 14.5 Å². The van der Waals surface area contributed by atoms with Gasteiger partial charge in [0.1, 0.15) is 11.2 Å². The van der Waals surface area contributed by atoms with Crippen molar-refractivity contribution in [3.63, 3.8) is 0 Å². The van der Waals surface area contributed by atoms with E-state index in [9.17, 15) is 14.0 Å². The topological polar surface area (TPSA) is 66.6 Å². The second-order valence-corrected chi connectivity index (χ2v) is 7.47. The zero-order chi connectivity index (χ0) is 17.1.